The highest BCUT2D eigenvalue weighted by Gasteiger charge is 2.27. The Morgan fingerprint density at radius 3 is 2.57 bits per heavy atom. The number of rotatable bonds is 6. The molecule has 5 nitrogen and oxygen atoms in total. The normalized spacial score (nSPS) is 16.4. The summed E-state index contributed by atoms with van der Waals surface area (Å²) in [6, 6.07) is 19.9. The van der Waals surface area contributed by atoms with Gasteiger partial charge in [-0.3, -0.25) is 9.88 Å². The fourth-order valence-electron chi connectivity index (χ4n) is 3.44. The van der Waals surface area contributed by atoms with E-state index in [1.807, 2.05) is 65.6 Å². The summed E-state index contributed by atoms with van der Waals surface area (Å²) in [7, 11) is 1.66. The molecule has 28 heavy (non-hydrogen) atoms. The van der Waals surface area contributed by atoms with Crippen molar-refractivity contribution in [2.45, 2.75) is 25.8 Å². The van der Waals surface area contributed by atoms with Crippen molar-refractivity contribution in [3.63, 3.8) is 0 Å². The number of aromatic nitrogens is 1. The van der Waals surface area contributed by atoms with Gasteiger partial charge >= 0.3 is 0 Å². The summed E-state index contributed by atoms with van der Waals surface area (Å²) in [6.07, 6.45) is 1.86. The number of fused-ring (bicyclic) bond motifs is 1. The second-order valence-electron chi connectivity index (χ2n) is 6.92. The van der Waals surface area contributed by atoms with Crippen LogP contribution in [-0.4, -0.2) is 28.6 Å². The molecule has 0 saturated carbocycles. The molecule has 1 aliphatic heterocycles. The highest BCUT2D eigenvalue weighted by molar-refractivity contribution is 5.33. The molecule has 0 amide bonds. The highest BCUT2D eigenvalue weighted by Crippen LogP contribution is 2.30. The molecule has 1 aromatic heterocycles. The molecule has 4 rings (SSSR count). The molecule has 0 bridgehead atoms. The van der Waals surface area contributed by atoms with Crippen molar-refractivity contribution >= 4 is 0 Å². The van der Waals surface area contributed by atoms with Crippen LogP contribution in [0.1, 0.15) is 28.6 Å². The van der Waals surface area contributed by atoms with Crippen LogP contribution < -0.4 is 9.47 Å². The molecule has 0 radical (unpaired) electrons. The van der Waals surface area contributed by atoms with Crippen molar-refractivity contribution in [2.75, 3.05) is 13.7 Å². The summed E-state index contributed by atoms with van der Waals surface area (Å²) in [5.41, 5.74) is 3.99. The van der Waals surface area contributed by atoms with Crippen LogP contribution in [0.4, 0.5) is 0 Å². The zero-order valence-electron chi connectivity index (χ0n) is 15.9. The minimum absolute atomic E-state index is 0.479. The number of pyridine rings is 1. The topological polar surface area (TPSA) is 54.8 Å². The zero-order chi connectivity index (χ0) is 19.3. The van der Waals surface area contributed by atoms with Crippen LogP contribution in [0.15, 0.2) is 66.9 Å². The molecule has 2 heterocycles. The Morgan fingerprint density at radius 1 is 1.04 bits per heavy atom. The van der Waals surface area contributed by atoms with E-state index in [0.29, 0.717) is 18.9 Å². The smallest absolute Gasteiger partial charge is 0.138 e. The van der Waals surface area contributed by atoms with Crippen LogP contribution in [0.3, 0.4) is 0 Å². The monoisotopic (exact) mass is 376 g/mol. The quantitative estimate of drug-likeness (QED) is 0.711. The van der Waals surface area contributed by atoms with Crippen molar-refractivity contribution in [1.82, 2.24) is 9.88 Å². The fourth-order valence-corrected chi connectivity index (χ4v) is 3.44. The molecule has 144 valence electrons. The molecule has 2 aromatic carbocycles. The maximum absolute atomic E-state index is 10.9. The first kappa shape index (κ1) is 18.5. The van der Waals surface area contributed by atoms with Gasteiger partial charge in [-0.1, -0.05) is 42.5 Å². The molecule has 0 fully saturated rings. The summed E-state index contributed by atoms with van der Waals surface area (Å²) >= 11 is 0. The van der Waals surface area contributed by atoms with Gasteiger partial charge in [0.1, 0.15) is 24.3 Å². The number of hydrogen-bond donors (Lipinski definition) is 1. The first-order valence-electron chi connectivity index (χ1n) is 9.43. The minimum atomic E-state index is -0.696. The van der Waals surface area contributed by atoms with E-state index >= 15 is 0 Å². The van der Waals surface area contributed by atoms with Crippen LogP contribution in [0.2, 0.25) is 0 Å². The standard InChI is InChI=1S/C23H24N2O3/c1-27-19-9-7-17(8-10-19)15-25-12-11-22-21(23(25)26)13-20(14-24-22)28-16-18-5-3-2-4-6-18/h2-10,13-14,23,26H,11-12,15-16H2,1H3. The van der Waals surface area contributed by atoms with Crippen LogP contribution >= 0.6 is 0 Å². The minimum Gasteiger partial charge on any atom is -0.497 e. The van der Waals surface area contributed by atoms with Gasteiger partial charge in [-0.25, -0.2) is 0 Å². The lowest BCUT2D eigenvalue weighted by atomic mass is 10.0. The van der Waals surface area contributed by atoms with E-state index < -0.39 is 6.23 Å². The molecule has 5 heteroatoms. The van der Waals surface area contributed by atoms with E-state index in [2.05, 4.69) is 4.98 Å². The number of ether oxygens (including phenoxy) is 2. The van der Waals surface area contributed by atoms with Gasteiger partial charge in [-0.2, -0.15) is 0 Å². The van der Waals surface area contributed by atoms with Crippen molar-refractivity contribution < 1.29 is 14.6 Å². The van der Waals surface area contributed by atoms with Crippen LogP contribution in [0, 0.1) is 0 Å². The molecule has 0 aliphatic carbocycles. The SMILES string of the molecule is COc1ccc(CN2CCc3ncc(OCc4ccccc4)cc3C2O)cc1. The number of hydrogen-bond acceptors (Lipinski definition) is 5. The lowest BCUT2D eigenvalue weighted by Crippen LogP contribution is -2.35. The Hall–Kier alpha value is -2.89. The molecule has 1 unspecified atom stereocenters. The van der Waals surface area contributed by atoms with E-state index in [-0.39, 0.29) is 0 Å². The molecular weight excluding hydrogens is 352 g/mol. The number of nitrogens with zero attached hydrogens (tertiary/aromatic N) is 2. The number of methoxy groups -OCH3 is 1. The van der Waals surface area contributed by atoms with E-state index in [9.17, 15) is 5.11 Å². The third-order valence-electron chi connectivity index (χ3n) is 5.03. The Morgan fingerprint density at radius 2 is 1.82 bits per heavy atom. The summed E-state index contributed by atoms with van der Waals surface area (Å²) in [5, 5.41) is 10.9. The maximum Gasteiger partial charge on any atom is 0.138 e. The number of aliphatic hydroxyl groups excluding tert-OH is 1. The predicted molar refractivity (Wildman–Crippen MR) is 107 cm³/mol. The van der Waals surface area contributed by atoms with E-state index in [0.717, 1.165) is 41.1 Å². The molecule has 1 atom stereocenters. The first-order valence-corrected chi connectivity index (χ1v) is 9.43. The Bertz CT molecular complexity index is 913. The van der Waals surface area contributed by atoms with Crippen LogP contribution in [0.25, 0.3) is 0 Å². The molecule has 0 saturated heterocycles. The zero-order valence-corrected chi connectivity index (χ0v) is 15.9. The molecular formula is C23H24N2O3. The van der Waals surface area contributed by atoms with Gasteiger partial charge in [0.05, 0.1) is 13.3 Å². The number of aliphatic hydroxyl groups is 1. The lowest BCUT2D eigenvalue weighted by molar-refractivity contribution is -0.0133. The third-order valence-corrected chi connectivity index (χ3v) is 5.03. The van der Waals surface area contributed by atoms with E-state index in [1.165, 1.54) is 0 Å². The van der Waals surface area contributed by atoms with Crippen LogP contribution in [-0.2, 0) is 19.6 Å². The van der Waals surface area contributed by atoms with Gasteiger partial charge in [-0.15, -0.1) is 0 Å². The Labute approximate surface area is 165 Å². The summed E-state index contributed by atoms with van der Waals surface area (Å²) in [5.74, 6) is 1.51. The molecule has 0 spiro atoms. The first-order chi connectivity index (χ1) is 13.7. The van der Waals surface area contributed by atoms with Crippen LogP contribution in [0.5, 0.6) is 11.5 Å². The van der Waals surface area contributed by atoms with E-state index in [4.69, 9.17) is 9.47 Å². The van der Waals surface area contributed by atoms with Crippen molar-refractivity contribution in [3.05, 3.63) is 89.2 Å². The maximum atomic E-state index is 10.9. The molecule has 3 aromatic rings. The summed E-state index contributed by atoms with van der Waals surface area (Å²) in [4.78, 5) is 6.57. The summed E-state index contributed by atoms with van der Waals surface area (Å²) < 4.78 is 11.1. The van der Waals surface area contributed by atoms with Gasteiger partial charge in [0.15, 0.2) is 0 Å². The second-order valence-corrected chi connectivity index (χ2v) is 6.92. The fraction of sp³-hybridized carbons (Fsp3) is 0.261. The largest absolute Gasteiger partial charge is 0.497 e. The summed E-state index contributed by atoms with van der Waals surface area (Å²) in [6.45, 7) is 1.91. The van der Waals surface area contributed by atoms with Gasteiger partial charge in [-0.05, 0) is 29.3 Å². The van der Waals surface area contributed by atoms with Crippen molar-refractivity contribution in [3.8, 4) is 11.5 Å². The van der Waals surface area contributed by atoms with Gasteiger partial charge in [0.2, 0.25) is 0 Å². The van der Waals surface area contributed by atoms with Crippen molar-refractivity contribution in [2.24, 2.45) is 0 Å². The lowest BCUT2D eigenvalue weighted by Gasteiger charge is -2.33. The molecule has 1 N–H and O–H groups in total. The van der Waals surface area contributed by atoms with Gasteiger partial charge in [0.25, 0.3) is 0 Å². The second kappa shape index (κ2) is 8.42. The van der Waals surface area contributed by atoms with Gasteiger partial charge < -0.3 is 14.6 Å². The van der Waals surface area contributed by atoms with Crippen molar-refractivity contribution in [1.29, 1.82) is 0 Å². The van der Waals surface area contributed by atoms with Gasteiger partial charge in [0, 0.05) is 30.8 Å². The van der Waals surface area contributed by atoms with E-state index in [1.54, 1.807) is 13.3 Å². The average Bonchev–Trinajstić information content (AvgIpc) is 2.75. The molecule has 1 aliphatic rings. The number of benzene rings is 2. The third kappa shape index (κ3) is 4.16. The Balaban J connectivity index is 1.45. The average molecular weight is 376 g/mol. The Kier molecular flexibility index (Phi) is 5.55. The highest BCUT2D eigenvalue weighted by atomic mass is 16.5. The predicted octanol–water partition coefficient (Wildman–Crippen LogP) is 3.72.